The van der Waals surface area contributed by atoms with Crippen LogP contribution in [0.15, 0.2) is 30.3 Å². The first-order chi connectivity index (χ1) is 7.66. The van der Waals surface area contributed by atoms with Crippen molar-refractivity contribution in [3.63, 3.8) is 0 Å². The summed E-state index contributed by atoms with van der Waals surface area (Å²) in [6.45, 7) is 5.98. The van der Waals surface area contributed by atoms with Crippen molar-refractivity contribution in [1.29, 1.82) is 0 Å². The van der Waals surface area contributed by atoms with Gasteiger partial charge in [0.05, 0.1) is 0 Å². The topological polar surface area (TPSA) is 12.0 Å². The van der Waals surface area contributed by atoms with Crippen LogP contribution in [-0.4, -0.2) is 12.6 Å². The summed E-state index contributed by atoms with van der Waals surface area (Å²) in [6.07, 6.45) is 5.13. The second-order valence-corrected chi connectivity index (χ2v) is 5.81. The fourth-order valence-corrected chi connectivity index (χ4v) is 2.76. The minimum atomic E-state index is 0.503. The lowest BCUT2D eigenvalue weighted by atomic mass is 9.81. The van der Waals surface area contributed by atoms with Crippen LogP contribution in [0.4, 0.5) is 0 Å². The maximum absolute atomic E-state index is 3.69. The Morgan fingerprint density at radius 2 is 2.00 bits per heavy atom. The Bertz CT molecular complexity index is 315. The molecular weight excluding hydrogens is 194 g/mol. The van der Waals surface area contributed by atoms with Crippen LogP contribution in [0.5, 0.6) is 0 Å². The quantitative estimate of drug-likeness (QED) is 0.800. The molecule has 2 rings (SSSR count). The van der Waals surface area contributed by atoms with Crippen LogP contribution in [0, 0.1) is 5.41 Å². The average molecular weight is 217 g/mol. The molecule has 16 heavy (non-hydrogen) atoms. The zero-order chi connectivity index (χ0) is 11.4. The number of rotatable bonds is 2. The molecule has 0 bridgehead atoms. The largest absolute Gasteiger partial charge is 0.314 e. The number of nitrogens with one attached hydrogen (secondary N) is 1. The normalized spacial score (nSPS) is 25.0. The van der Waals surface area contributed by atoms with Crippen LogP contribution in [0.2, 0.25) is 0 Å². The molecule has 1 N–H and O–H groups in total. The highest BCUT2D eigenvalue weighted by molar-refractivity contribution is 5.16. The number of benzene rings is 1. The molecule has 0 saturated carbocycles. The van der Waals surface area contributed by atoms with Crippen molar-refractivity contribution in [2.24, 2.45) is 5.41 Å². The maximum atomic E-state index is 3.69. The SMILES string of the molecule is CC1(C)CCCNC(Cc2ccccc2)C1. The first-order valence-electron chi connectivity index (χ1n) is 6.43. The van der Waals surface area contributed by atoms with E-state index in [2.05, 4.69) is 49.5 Å². The summed E-state index contributed by atoms with van der Waals surface area (Å²) in [7, 11) is 0. The molecule has 1 aromatic carbocycles. The highest BCUT2D eigenvalue weighted by atomic mass is 14.9. The van der Waals surface area contributed by atoms with E-state index < -0.39 is 0 Å². The van der Waals surface area contributed by atoms with Crippen LogP contribution in [0.3, 0.4) is 0 Å². The smallest absolute Gasteiger partial charge is 0.0113 e. The Morgan fingerprint density at radius 3 is 2.75 bits per heavy atom. The molecule has 1 saturated heterocycles. The molecule has 1 aromatic rings. The molecule has 1 fully saturated rings. The summed E-state index contributed by atoms with van der Waals surface area (Å²) in [5.41, 5.74) is 1.96. The molecule has 1 nitrogen and oxygen atoms in total. The lowest BCUT2D eigenvalue weighted by Gasteiger charge is -2.26. The average Bonchev–Trinajstić information content (AvgIpc) is 2.40. The van der Waals surface area contributed by atoms with Crippen LogP contribution >= 0.6 is 0 Å². The van der Waals surface area contributed by atoms with Gasteiger partial charge >= 0.3 is 0 Å². The van der Waals surface area contributed by atoms with Crippen LogP contribution in [-0.2, 0) is 6.42 Å². The summed E-state index contributed by atoms with van der Waals surface area (Å²) in [6, 6.07) is 11.5. The summed E-state index contributed by atoms with van der Waals surface area (Å²) in [5, 5.41) is 3.69. The van der Waals surface area contributed by atoms with Gasteiger partial charge in [-0.25, -0.2) is 0 Å². The summed E-state index contributed by atoms with van der Waals surface area (Å²) in [4.78, 5) is 0. The molecule has 0 aliphatic carbocycles. The number of hydrogen-bond acceptors (Lipinski definition) is 1. The van der Waals surface area contributed by atoms with Gasteiger partial charge in [-0.15, -0.1) is 0 Å². The van der Waals surface area contributed by atoms with E-state index in [0.717, 1.165) is 0 Å². The lowest BCUT2D eigenvalue weighted by Crippen LogP contribution is -2.32. The van der Waals surface area contributed by atoms with E-state index in [1.165, 1.54) is 37.8 Å². The van der Waals surface area contributed by atoms with Gasteiger partial charge in [-0.2, -0.15) is 0 Å². The third-order valence-electron chi connectivity index (χ3n) is 3.59. The van der Waals surface area contributed by atoms with Gasteiger partial charge < -0.3 is 5.32 Å². The Labute approximate surface area is 99.3 Å². The van der Waals surface area contributed by atoms with Gasteiger partial charge in [-0.3, -0.25) is 0 Å². The van der Waals surface area contributed by atoms with Gasteiger partial charge in [0.2, 0.25) is 0 Å². The molecule has 1 unspecified atom stereocenters. The maximum Gasteiger partial charge on any atom is 0.0113 e. The highest BCUT2D eigenvalue weighted by Crippen LogP contribution is 2.31. The van der Waals surface area contributed by atoms with Gasteiger partial charge in [0.15, 0.2) is 0 Å². The third-order valence-corrected chi connectivity index (χ3v) is 3.59. The predicted octanol–water partition coefficient (Wildman–Crippen LogP) is 3.40. The molecule has 88 valence electrons. The van der Waals surface area contributed by atoms with Gasteiger partial charge in [-0.05, 0) is 43.2 Å². The molecule has 1 aliphatic heterocycles. The van der Waals surface area contributed by atoms with E-state index >= 15 is 0 Å². The van der Waals surface area contributed by atoms with Gasteiger partial charge in [0.25, 0.3) is 0 Å². The zero-order valence-electron chi connectivity index (χ0n) is 10.5. The standard InChI is InChI=1S/C15H23N/c1-15(2)9-6-10-16-14(12-15)11-13-7-4-3-5-8-13/h3-5,7-8,14,16H,6,9-12H2,1-2H3. The van der Waals surface area contributed by atoms with Crippen LogP contribution in [0.1, 0.15) is 38.7 Å². The van der Waals surface area contributed by atoms with Gasteiger partial charge in [0.1, 0.15) is 0 Å². The highest BCUT2D eigenvalue weighted by Gasteiger charge is 2.25. The first-order valence-corrected chi connectivity index (χ1v) is 6.43. The van der Waals surface area contributed by atoms with E-state index in [0.29, 0.717) is 11.5 Å². The fourth-order valence-electron chi connectivity index (χ4n) is 2.76. The van der Waals surface area contributed by atoms with Gasteiger partial charge in [-0.1, -0.05) is 44.2 Å². The van der Waals surface area contributed by atoms with E-state index in [-0.39, 0.29) is 0 Å². The van der Waals surface area contributed by atoms with Crippen molar-refractivity contribution in [3.8, 4) is 0 Å². The molecule has 0 amide bonds. The van der Waals surface area contributed by atoms with Crippen LogP contribution < -0.4 is 5.32 Å². The Hall–Kier alpha value is -0.820. The summed E-state index contributed by atoms with van der Waals surface area (Å²) < 4.78 is 0. The Balaban J connectivity index is 1.98. The van der Waals surface area contributed by atoms with E-state index in [1.807, 2.05) is 0 Å². The second-order valence-electron chi connectivity index (χ2n) is 5.81. The van der Waals surface area contributed by atoms with Crippen molar-refractivity contribution in [1.82, 2.24) is 5.32 Å². The molecule has 1 aliphatic rings. The van der Waals surface area contributed by atoms with Crippen molar-refractivity contribution in [2.75, 3.05) is 6.54 Å². The monoisotopic (exact) mass is 217 g/mol. The molecule has 1 atom stereocenters. The summed E-state index contributed by atoms with van der Waals surface area (Å²) in [5.74, 6) is 0. The van der Waals surface area contributed by atoms with Crippen molar-refractivity contribution >= 4 is 0 Å². The lowest BCUT2D eigenvalue weighted by molar-refractivity contribution is 0.290. The van der Waals surface area contributed by atoms with E-state index in [1.54, 1.807) is 0 Å². The second kappa shape index (κ2) is 5.01. The number of hydrogen-bond donors (Lipinski definition) is 1. The van der Waals surface area contributed by atoms with Crippen LogP contribution in [0.25, 0.3) is 0 Å². The summed E-state index contributed by atoms with van der Waals surface area (Å²) >= 11 is 0. The minimum absolute atomic E-state index is 0.503. The van der Waals surface area contributed by atoms with E-state index in [4.69, 9.17) is 0 Å². The first kappa shape index (κ1) is 11.7. The third kappa shape index (κ3) is 3.34. The fraction of sp³-hybridized carbons (Fsp3) is 0.600. The van der Waals surface area contributed by atoms with Crippen molar-refractivity contribution < 1.29 is 0 Å². The molecule has 0 aromatic heterocycles. The molecular formula is C15H23N. The predicted molar refractivity (Wildman–Crippen MR) is 69.6 cm³/mol. The molecule has 0 radical (unpaired) electrons. The molecule has 1 heterocycles. The van der Waals surface area contributed by atoms with Gasteiger partial charge in [0, 0.05) is 6.04 Å². The van der Waals surface area contributed by atoms with Crippen molar-refractivity contribution in [3.05, 3.63) is 35.9 Å². The Kier molecular flexibility index (Phi) is 3.65. The van der Waals surface area contributed by atoms with Crippen molar-refractivity contribution in [2.45, 2.75) is 45.6 Å². The Morgan fingerprint density at radius 1 is 1.25 bits per heavy atom. The van der Waals surface area contributed by atoms with E-state index in [9.17, 15) is 0 Å². The molecule has 0 spiro atoms. The minimum Gasteiger partial charge on any atom is -0.314 e. The molecule has 1 heteroatoms. The zero-order valence-corrected chi connectivity index (χ0v) is 10.5.